The van der Waals surface area contributed by atoms with Gasteiger partial charge < -0.3 is 9.84 Å². The van der Waals surface area contributed by atoms with Crippen molar-refractivity contribution in [2.75, 3.05) is 6.54 Å². The van der Waals surface area contributed by atoms with Gasteiger partial charge in [-0.25, -0.2) is 0 Å². The highest BCUT2D eigenvalue weighted by Gasteiger charge is 2.15. The summed E-state index contributed by atoms with van der Waals surface area (Å²) in [5.41, 5.74) is 0.927. The molecule has 5 nitrogen and oxygen atoms in total. The number of hydrogen-bond acceptors (Lipinski definition) is 6. The molecule has 2 rings (SSSR count). The van der Waals surface area contributed by atoms with Gasteiger partial charge in [-0.15, -0.1) is 10.2 Å². The van der Waals surface area contributed by atoms with Gasteiger partial charge in [0, 0.05) is 0 Å². The normalized spacial score (nSPS) is 12.9. The highest BCUT2D eigenvalue weighted by molar-refractivity contribution is 7.14. The first-order chi connectivity index (χ1) is 8.22. The fourth-order valence-corrected chi connectivity index (χ4v) is 2.40. The fourth-order valence-electron chi connectivity index (χ4n) is 1.47. The summed E-state index contributed by atoms with van der Waals surface area (Å²) in [5.74, 6) is 0.780. The highest BCUT2D eigenvalue weighted by Crippen LogP contribution is 2.28. The number of nitrogens with one attached hydrogen (secondary N) is 1. The van der Waals surface area contributed by atoms with Crippen LogP contribution in [0, 0.1) is 6.92 Å². The van der Waals surface area contributed by atoms with Crippen LogP contribution in [0.2, 0.25) is 0 Å². The van der Waals surface area contributed by atoms with Crippen LogP contribution < -0.4 is 5.32 Å². The van der Waals surface area contributed by atoms with Crippen LogP contribution in [0.3, 0.4) is 0 Å². The minimum atomic E-state index is 0.237. The first-order valence-electron chi connectivity index (χ1n) is 5.70. The maximum atomic E-state index is 5.03. The zero-order chi connectivity index (χ0) is 12.3. The van der Waals surface area contributed by atoms with E-state index in [4.69, 9.17) is 4.52 Å². The third-order valence-electron chi connectivity index (χ3n) is 2.49. The minimum Gasteiger partial charge on any atom is -0.361 e. The third-order valence-corrected chi connectivity index (χ3v) is 3.63. The lowest BCUT2D eigenvalue weighted by Crippen LogP contribution is -2.18. The summed E-state index contributed by atoms with van der Waals surface area (Å²) in [6, 6.07) is 0.237. The summed E-state index contributed by atoms with van der Waals surface area (Å²) >= 11 is 1.58. The molecule has 0 amide bonds. The van der Waals surface area contributed by atoms with Crippen molar-refractivity contribution in [1.29, 1.82) is 0 Å². The van der Waals surface area contributed by atoms with Gasteiger partial charge in [-0.05, 0) is 26.8 Å². The topological polar surface area (TPSA) is 63.8 Å². The van der Waals surface area contributed by atoms with E-state index in [2.05, 4.69) is 34.5 Å². The largest absolute Gasteiger partial charge is 0.361 e. The molecule has 1 N–H and O–H groups in total. The summed E-state index contributed by atoms with van der Waals surface area (Å²) in [6.45, 7) is 7.11. The van der Waals surface area contributed by atoms with Gasteiger partial charge in [0.1, 0.15) is 10.8 Å². The second kappa shape index (κ2) is 5.37. The minimum absolute atomic E-state index is 0.237. The predicted octanol–water partition coefficient (Wildman–Crippen LogP) is 2.56. The fraction of sp³-hybridized carbons (Fsp3) is 0.545. The maximum Gasteiger partial charge on any atom is 0.153 e. The first-order valence-corrected chi connectivity index (χ1v) is 6.52. The van der Waals surface area contributed by atoms with Crippen LogP contribution in [0.25, 0.3) is 10.6 Å². The zero-order valence-electron chi connectivity index (χ0n) is 10.2. The number of rotatable bonds is 5. The van der Waals surface area contributed by atoms with E-state index in [1.54, 1.807) is 17.5 Å². The maximum absolute atomic E-state index is 5.03. The summed E-state index contributed by atoms with van der Waals surface area (Å²) in [4.78, 5) is 0. The molecular formula is C11H16N4OS. The Balaban J connectivity index is 2.13. The van der Waals surface area contributed by atoms with Crippen LogP contribution >= 0.6 is 11.3 Å². The van der Waals surface area contributed by atoms with Gasteiger partial charge in [-0.3, -0.25) is 0 Å². The van der Waals surface area contributed by atoms with Gasteiger partial charge in [0.05, 0.1) is 17.8 Å². The molecule has 1 atom stereocenters. The van der Waals surface area contributed by atoms with Crippen LogP contribution in [0.15, 0.2) is 10.7 Å². The molecule has 0 saturated carbocycles. The van der Waals surface area contributed by atoms with E-state index < -0.39 is 0 Å². The molecule has 0 radical (unpaired) electrons. The van der Waals surface area contributed by atoms with E-state index in [9.17, 15) is 0 Å². The van der Waals surface area contributed by atoms with Crippen LogP contribution in [0.4, 0.5) is 0 Å². The van der Waals surface area contributed by atoms with Crippen molar-refractivity contribution < 1.29 is 4.52 Å². The molecule has 0 aliphatic rings. The summed E-state index contributed by atoms with van der Waals surface area (Å²) < 4.78 is 5.03. The molecule has 2 heterocycles. The Morgan fingerprint density at radius 2 is 2.29 bits per heavy atom. The first kappa shape index (κ1) is 12.2. The number of hydrogen-bond donors (Lipinski definition) is 1. The van der Waals surface area contributed by atoms with Crippen molar-refractivity contribution in [2.45, 2.75) is 33.2 Å². The van der Waals surface area contributed by atoms with Crippen LogP contribution in [-0.4, -0.2) is 21.9 Å². The standard InChI is InChI=1S/C11H16N4OS/c1-4-5-12-7(2)10-14-15-11(17-10)9-6-13-16-8(9)3/h6-7,12H,4-5H2,1-3H3. The summed E-state index contributed by atoms with van der Waals surface area (Å²) in [6.07, 6.45) is 2.80. The molecule has 2 aromatic heterocycles. The van der Waals surface area contributed by atoms with Crippen molar-refractivity contribution in [3.63, 3.8) is 0 Å². The van der Waals surface area contributed by atoms with E-state index in [1.165, 1.54) is 0 Å². The molecule has 6 heteroatoms. The summed E-state index contributed by atoms with van der Waals surface area (Å²) in [7, 11) is 0. The lowest BCUT2D eigenvalue weighted by molar-refractivity contribution is 0.398. The van der Waals surface area contributed by atoms with Crippen LogP contribution in [0.1, 0.15) is 37.1 Å². The molecule has 0 aliphatic heterocycles. The Morgan fingerprint density at radius 3 is 2.94 bits per heavy atom. The van der Waals surface area contributed by atoms with Crippen molar-refractivity contribution in [2.24, 2.45) is 0 Å². The third kappa shape index (κ3) is 2.70. The second-order valence-electron chi connectivity index (χ2n) is 3.92. The van der Waals surface area contributed by atoms with Crippen molar-refractivity contribution in [3.05, 3.63) is 17.0 Å². The SMILES string of the molecule is CCCNC(C)c1nnc(-c2cnoc2C)s1. The van der Waals surface area contributed by atoms with E-state index >= 15 is 0 Å². The van der Waals surface area contributed by atoms with Crippen molar-refractivity contribution >= 4 is 11.3 Å². The molecule has 0 saturated heterocycles. The van der Waals surface area contributed by atoms with Gasteiger partial charge in [0.15, 0.2) is 5.01 Å². The molecule has 0 spiro atoms. The number of nitrogens with zero attached hydrogens (tertiary/aromatic N) is 3. The van der Waals surface area contributed by atoms with Gasteiger partial charge in [0.2, 0.25) is 0 Å². The van der Waals surface area contributed by atoms with Gasteiger partial charge in [-0.1, -0.05) is 23.4 Å². The van der Waals surface area contributed by atoms with Crippen molar-refractivity contribution in [3.8, 4) is 10.6 Å². The second-order valence-corrected chi connectivity index (χ2v) is 4.93. The highest BCUT2D eigenvalue weighted by atomic mass is 32.1. The van der Waals surface area contributed by atoms with Gasteiger partial charge in [-0.2, -0.15) is 0 Å². The smallest absolute Gasteiger partial charge is 0.153 e. The van der Waals surface area contributed by atoms with Gasteiger partial charge in [0.25, 0.3) is 0 Å². The monoisotopic (exact) mass is 252 g/mol. The summed E-state index contributed by atoms with van der Waals surface area (Å²) in [5, 5.41) is 17.4. The van der Waals surface area contributed by atoms with Gasteiger partial charge >= 0.3 is 0 Å². The molecule has 0 fully saturated rings. The van der Waals surface area contributed by atoms with E-state index in [-0.39, 0.29) is 6.04 Å². The number of aromatic nitrogens is 3. The Labute approximate surface area is 104 Å². The lowest BCUT2D eigenvalue weighted by atomic mass is 10.3. The van der Waals surface area contributed by atoms with Crippen molar-refractivity contribution in [1.82, 2.24) is 20.7 Å². The Kier molecular flexibility index (Phi) is 3.86. The molecular weight excluding hydrogens is 236 g/mol. The molecule has 1 unspecified atom stereocenters. The van der Waals surface area contributed by atoms with Crippen LogP contribution in [-0.2, 0) is 0 Å². The molecule has 2 aromatic rings. The Bertz CT molecular complexity index is 479. The molecule has 17 heavy (non-hydrogen) atoms. The lowest BCUT2D eigenvalue weighted by Gasteiger charge is -2.08. The number of aryl methyl sites for hydroxylation is 1. The van der Waals surface area contributed by atoms with E-state index in [0.717, 1.165) is 34.3 Å². The van der Waals surface area contributed by atoms with Crippen LogP contribution in [0.5, 0.6) is 0 Å². The van der Waals surface area contributed by atoms with E-state index in [1.807, 2.05) is 6.92 Å². The molecule has 0 aliphatic carbocycles. The quantitative estimate of drug-likeness (QED) is 0.886. The predicted molar refractivity (Wildman–Crippen MR) is 66.9 cm³/mol. The Morgan fingerprint density at radius 1 is 1.47 bits per heavy atom. The average Bonchev–Trinajstić information content (AvgIpc) is 2.93. The Hall–Kier alpha value is -1.27. The zero-order valence-corrected chi connectivity index (χ0v) is 11.0. The average molecular weight is 252 g/mol. The molecule has 0 bridgehead atoms. The van der Waals surface area contributed by atoms with E-state index in [0.29, 0.717) is 0 Å². The molecule has 92 valence electrons. The molecule has 0 aromatic carbocycles.